The van der Waals surface area contributed by atoms with E-state index in [0.29, 0.717) is 28.7 Å². The zero-order chi connectivity index (χ0) is 19.3. The normalized spacial score (nSPS) is 11.9. The van der Waals surface area contributed by atoms with Crippen LogP contribution in [-0.4, -0.2) is 31.6 Å². The lowest BCUT2D eigenvalue weighted by Crippen LogP contribution is -2.28. The van der Waals surface area contributed by atoms with Crippen molar-refractivity contribution in [2.45, 2.75) is 6.54 Å². The van der Waals surface area contributed by atoms with Gasteiger partial charge in [0.15, 0.2) is 23.9 Å². The summed E-state index contributed by atoms with van der Waals surface area (Å²) in [5, 5.41) is 6.72. The fraction of sp³-hybridized carbons (Fsp3) is 0.200. The number of carbonyl (C=O) groups is 1. The maximum absolute atomic E-state index is 12.0. The molecule has 1 aliphatic rings. The van der Waals surface area contributed by atoms with E-state index < -0.39 is 0 Å². The number of methoxy groups -OCH3 is 1. The molecule has 0 unspecified atom stereocenters. The second kappa shape index (κ2) is 7.91. The van der Waals surface area contributed by atoms with E-state index in [4.69, 9.17) is 23.5 Å². The fourth-order valence-corrected chi connectivity index (χ4v) is 2.64. The van der Waals surface area contributed by atoms with Crippen molar-refractivity contribution in [3.8, 4) is 34.3 Å². The van der Waals surface area contributed by atoms with E-state index in [9.17, 15) is 4.79 Å². The van der Waals surface area contributed by atoms with Gasteiger partial charge < -0.3 is 28.8 Å². The quantitative estimate of drug-likeness (QED) is 0.672. The molecule has 0 saturated carbocycles. The summed E-state index contributed by atoms with van der Waals surface area (Å²) >= 11 is 0. The molecule has 144 valence electrons. The minimum Gasteiger partial charge on any atom is -0.497 e. The van der Waals surface area contributed by atoms with E-state index in [1.165, 1.54) is 0 Å². The second-order valence-corrected chi connectivity index (χ2v) is 5.99. The standard InChI is InChI=1S/C20H18N2O6/c1-24-15-3-5-16(6-4-15)25-11-20(23)21-10-14-9-18(28-22-14)13-2-7-17-19(8-13)27-12-26-17/h2-9H,10-12H2,1H3,(H,21,23). The van der Waals surface area contributed by atoms with Gasteiger partial charge in [-0.3, -0.25) is 4.79 Å². The highest BCUT2D eigenvalue weighted by atomic mass is 16.7. The van der Waals surface area contributed by atoms with E-state index in [0.717, 1.165) is 11.3 Å². The number of amides is 1. The highest BCUT2D eigenvalue weighted by molar-refractivity contribution is 5.77. The van der Waals surface area contributed by atoms with Crippen molar-refractivity contribution in [3.05, 3.63) is 54.2 Å². The first-order chi connectivity index (χ1) is 13.7. The molecule has 0 saturated heterocycles. The molecule has 2 aromatic carbocycles. The Bertz CT molecular complexity index is 967. The Morgan fingerprint density at radius 1 is 1.07 bits per heavy atom. The number of benzene rings is 2. The molecule has 0 atom stereocenters. The van der Waals surface area contributed by atoms with Gasteiger partial charge in [-0.2, -0.15) is 0 Å². The molecular formula is C20H18N2O6. The number of fused-ring (bicyclic) bond motifs is 1. The van der Waals surface area contributed by atoms with Crippen LogP contribution in [0.1, 0.15) is 5.69 Å². The van der Waals surface area contributed by atoms with Gasteiger partial charge in [0.05, 0.1) is 13.7 Å². The predicted molar refractivity (Wildman–Crippen MR) is 98.4 cm³/mol. The molecule has 1 amide bonds. The SMILES string of the molecule is COc1ccc(OCC(=O)NCc2cc(-c3ccc4c(c3)OCO4)on2)cc1. The molecule has 8 nitrogen and oxygen atoms in total. The zero-order valence-corrected chi connectivity index (χ0v) is 15.1. The first-order valence-corrected chi connectivity index (χ1v) is 8.60. The molecule has 4 rings (SSSR count). The lowest BCUT2D eigenvalue weighted by Gasteiger charge is -2.07. The van der Waals surface area contributed by atoms with Crippen LogP contribution in [0.4, 0.5) is 0 Å². The van der Waals surface area contributed by atoms with E-state index in [1.807, 2.05) is 18.2 Å². The molecule has 1 N–H and O–H groups in total. The topological polar surface area (TPSA) is 92.1 Å². The molecule has 8 heteroatoms. The van der Waals surface area contributed by atoms with Gasteiger partial charge in [-0.15, -0.1) is 0 Å². The molecule has 28 heavy (non-hydrogen) atoms. The molecule has 2 heterocycles. The third kappa shape index (κ3) is 4.01. The number of aromatic nitrogens is 1. The molecule has 0 fully saturated rings. The average molecular weight is 382 g/mol. The number of ether oxygens (including phenoxy) is 4. The Kier molecular flexibility index (Phi) is 5.01. The van der Waals surface area contributed by atoms with Crippen LogP contribution >= 0.6 is 0 Å². The van der Waals surface area contributed by atoms with Gasteiger partial charge in [0.1, 0.15) is 17.2 Å². The van der Waals surface area contributed by atoms with Gasteiger partial charge >= 0.3 is 0 Å². The van der Waals surface area contributed by atoms with Gasteiger partial charge in [-0.1, -0.05) is 5.16 Å². The Balaban J connectivity index is 1.28. The minimum absolute atomic E-state index is 0.0980. The number of hydrogen-bond donors (Lipinski definition) is 1. The summed E-state index contributed by atoms with van der Waals surface area (Å²) in [4.78, 5) is 12.0. The summed E-state index contributed by atoms with van der Waals surface area (Å²) in [5.74, 6) is 3.00. The highest BCUT2D eigenvalue weighted by Gasteiger charge is 2.16. The first-order valence-electron chi connectivity index (χ1n) is 8.60. The summed E-state index contributed by atoms with van der Waals surface area (Å²) < 4.78 is 26.5. The largest absolute Gasteiger partial charge is 0.497 e. The third-order valence-electron chi connectivity index (χ3n) is 4.11. The van der Waals surface area contributed by atoms with Crippen LogP contribution in [0.3, 0.4) is 0 Å². The summed E-state index contributed by atoms with van der Waals surface area (Å²) in [5.41, 5.74) is 1.42. The third-order valence-corrected chi connectivity index (χ3v) is 4.11. The fourth-order valence-electron chi connectivity index (χ4n) is 2.64. The average Bonchev–Trinajstić information content (AvgIpc) is 3.39. The smallest absolute Gasteiger partial charge is 0.258 e. The lowest BCUT2D eigenvalue weighted by molar-refractivity contribution is -0.123. The van der Waals surface area contributed by atoms with Crippen molar-refractivity contribution in [1.82, 2.24) is 10.5 Å². The summed E-state index contributed by atoms with van der Waals surface area (Å²) in [6, 6.07) is 14.3. The maximum atomic E-state index is 12.0. The number of rotatable bonds is 7. The molecule has 0 spiro atoms. The van der Waals surface area contributed by atoms with Crippen molar-refractivity contribution < 1.29 is 28.3 Å². The number of hydrogen-bond acceptors (Lipinski definition) is 7. The predicted octanol–water partition coefficient (Wildman–Crippen LogP) is 2.77. The van der Waals surface area contributed by atoms with Crippen LogP contribution in [0.25, 0.3) is 11.3 Å². The monoisotopic (exact) mass is 382 g/mol. The van der Waals surface area contributed by atoms with Gasteiger partial charge in [0, 0.05) is 11.6 Å². The Labute approximate surface area is 160 Å². The maximum Gasteiger partial charge on any atom is 0.258 e. The second-order valence-electron chi connectivity index (χ2n) is 5.99. The zero-order valence-electron chi connectivity index (χ0n) is 15.1. The van der Waals surface area contributed by atoms with E-state index in [2.05, 4.69) is 10.5 Å². The van der Waals surface area contributed by atoms with Crippen LogP contribution in [0.2, 0.25) is 0 Å². The number of carbonyl (C=O) groups excluding carboxylic acids is 1. The Morgan fingerprint density at radius 2 is 1.86 bits per heavy atom. The summed E-state index contributed by atoms with van der Waals surface area (Å²) in [7, 11) is 1.59. The van der Waals surface area contributed by atoms with Crippen molar-refractivity contribution in [2.75, 3.05) is 20.5 Å². The minimum atomic E-state index is -0.261. The number of nitrogens with zero attached hydrogens (tertiary/aromatic N) is 1. The van der Waals surface area contributed by atoms with E-state index in [-0.39, 0.29) is 25.9 Å². The molecule has 1 aromatic heterocycles. The molecule has 1 aliphatic heterocycles. The van der Waals surface area contributed by atoms with E-state index in [1.54, 1.807) is 37.4 Å². The highest BCUT2D eigenvalue weighted by Crippen LogP contribution is 2.36. The van der Waals surface area contributed by atoms with Crippen molar-refractivity contribution in [2.24, 2.45) is 0 Å². The van der Waals surface area contributed by atoms with Crippen LogP contribution in [0.5, 0.6) is 23.0 Å². The molecule has 3 aromatic rings. The number of nitrogens with one attached hydrogen (secondary N) is 1. The van der Waals surface area contributed by atoms with E-state index >= 15 is 0 Å². The lowest BCUT2D eigenvalue weighted by atomic mass is 10.1. The Hall–Kier alpha value is -3.68. The summed E-state index contributed by atoms with van der Waals surface area (Å²) in [6.45, 7) is 0.350. The van der Waals surface area contributed by atoms with Crippen molar-refractivity contribution in [1.29, 1.82) is 0 Å². The molecule has 0 radical (unpaired) electrons. The van der Waals surface area contributed by atoms with Crippen molar-refractivity contribution in [3.63, 3.8) is 0 Å². The van der Waals surface area contributed by atoms with Crippen LogP contribution in [-0.2, 0) is 11.3 Å². The van der Waals surface area contributed by atoms with Gasteiger partial charge in [0.25, 0.3) is 5.91 Å². The Morgan fingerprint density at radius 3 is 2.68 bits per heavy atom. The summed E-state index contributed by atoms with van der Waals surface area (Å²) in [6.07, 6.45) is 0. The van der Waals surface area contributed by atoms with Crippen LogP contribution < -0.4 is 24.3 Å². The van der Waals surface area contributed by atoms with Gasteiger partial charge in [-0.25, -0.2) is 0 Å². The molecule has 0 aliphatic carbocycles. The van der Waals surface area contributed by atoms with Crippen molar-refractivity contribution >= 4 is 5.91 Å². The first kappa shape index (κ1) is 17.7. The van der Waals surface area contributed by atoms with Crippen LogP contribution in [0.15, 0.2) is 53.1 Å². The molecular weight excluding hydrogens is 364 g/mol. The van der Waals surface area contributed by atoms with Gasteiger partial charge in [-0.05, 0) is 42.5 Å². The van der Waals surface area contributed by atoms with Gasteiger partial charge in [0.2, 0.25) is 6.79 Å². The molecule has 0 bridgehead atoms. The van der Waals surface area contributed by atoms with Crippen LogP contribution in [0, 0.1) is 0 Å².